The first kappa shape index (κ1) is 11.2. The van der Waals surface area contributed by atoms with Gasteiger partial charge in [0, 0.05) is 11.6 Å². The second-order valence-electron chi connectivity index (χ2n) is 4.27. The van der Waals surface area contributed by atoms with Crippen molar-refractivity contribution in [3.8, 4) is 0 Å². The van der Waals surface area contributed by atoms with Gasteiger partial charge in [0.1, 0.15) is 0 Å². The van der Waals surface area contributed by atoms with Gasteiger partial charge in [-0.15, -0.1) is 0 Å². The molecule has 0 unspecified atom stereocenters. The second-order valence-corrected chi connectivity index (χ2v) is 4.68. The average Bonchev–Trinajstić information content (AvgIpc) is 2.41. The number of rotatable bonds is 2. The van der Waals surface area contributed by atoms with Crippen molar-refractivity contribution >= 4 is 22.5 Å². The summed E-state index contributed by atoms with van der Waals surface area (Å²) >= 11 is 6.19. The van der Waals surface area contributed by atoms with Gasteiger partial charge in [0.15, 0.2) is 0 Å². The zero-order valence-electron chi connectivity index (χ0n) is 9.81. The average molecular weight is 254 g/mol. The highest BCUT2D eigenvalue weighted by atomic mass is 35.5. The van der Waals surface area contributed by atoms with Crippen LogP contribution >= 0.6 is 11.6 Å². The summed E-state index contributed by atoms with van der Waals surface area (Å²) in [5, 5.41) is 1.78. The number of aromatic nitrogens is 1. The number of para-hydroxylation sites is 1. The second kappa shape index (κ2) is 4.79. The number of benzene rings is 2. The Kier molecular flexibility index (Phi) is 2.99. The molecule has 0 aliphatic heterocycles. The molecule has 18 heavy (non-hydrogen) atoms. The van der Waals surface area contributed by atoms with Crippen molar-refractivity contribution in [1.29, 1.82) is 0 Å². The predicted octanol–water partition coefficient (Wildman–Crippen LogP) is 4.48. The van der Waals surface area contributed by atoms with Crippen LogP contribution in [0.15, 0.2) is 60.8 Å². The lowest BCUT2D eigenvalue weighted by molar-refractivity contribution is 1.19. The number of pyridine rings is 1. The lowest BCUT2D eigenvalue weighted by Crippen LogP contribution is -1.91. The van der Waals surface area contributed by atoms with Gasteiger partial charge in [-0.1, -0.05) is 60.1 Å². The van der Waals surface area contributed by atoms with Gasteiger partial charge >= 0.3 is 0 Å². The third-order valence-electron chi connectivity index (χ3n) is 3.04. The first-order valence-corrected chi connectivity index (χ1v) is 6.28. The van der Waals surface area contributed by atoms with Crippen molar-refractivity contribution in [2.45, 2.75) is 6.42 Å². The van der Waals surface area contributed by atoms with Crippen molar-refractivity contribution in [1.82, 2.24) is 4.98 Å². The molecule has 2 heteroatoms. The van der Waals surface area contributed by atoms with Crippen molar-refractivity contribution in [3.05, 3.63) is 76.9 Å². The van der Waals surface area contributed by atoms with Crippen molar-refractivity contribution < 1.29 is 0 Å². The molecule has 0 amide bonds. The van der Waals surface area contributed by atoms with Crippen LogP contribution in [0.25, 0.3) is 10.9 Å². The molecule has 0 spiro atoms. The zero-order chi connectivity index (χ0) is 12.4. The molecule has 3 rings (SSSR count). The quantitative estimate of drug-likeness (QED) is 0.656. The van der Waals surface area contributed by atoms with E-state index in [0.29, 0.717) is 0 Å². The third-order valence-corrected chi connectivity index (χ3v) is 3.37. The van der Waals surface area contributed by atoms with E-state index in [1.807, 2.05) is 24.3 Å². The lowest BCUT2D eigenvalue weighted by atomic mass is 10.0. The fourth-order valence-electron chi connectivity index (χ4n) is 2.16. The molecule has 3 aromatic rings. The van der Waals surface area contributed by atoms with Gasteiger partial charge in [-0.2, -0.15) is 0 Å². The van der Waals surface area contributed by atoms with E-state index >= 15 is 0 Å². The largest absolute Gasteiger partial charge is 0.256 e. The Hall–Kier alpha value is -1.86. The van der Waals surface area contributed by atoms with Gasteiger partial charge in [0.2, 0.25) is 0 Å². The smallest absolute Gasteiger partial charge is 0.0752 e. The van der Waals surface area contributed by atoms with E-state index in [0.717, 1.165) is 22.3 Å². The Labute approximate surface area is 111 Å². The summed E-state index contributed by atoms with van der Waals surface area (Å²) in [6.45, 7) is 0. The van der Waals surface area contributed by atoms with Crippen molar-refractivity contribution in [2.24, 2.45) is 0 Å². The van der Waals surface area contributed by atoms with E-state index in [4.69, 9.17) is 11.6 Å². The molecule has 0 bridgehead atoms. The molecule has 1 heterocycles. The van der Waals surface area contributed by atoms with Crippen LogP contribution in [-0.2, 0) is 6.42 Å². The Bertz CT molecular complexity index is 677. The molecule has 0 saturated heterocycles. The SMILES string of the molecule is Clc1ccnc2c(Cc3ccccc3)cccc12. The fraction of sp³-hybridized carbons (Fsp3) is 0.0625. The molecule has 2 aromatic carbocycles. The van der Waals surface area contributed by atoms with Gasteiger partial charge in [-0.25, -0.2) is 0 Å². The molecule has 0 fully saturated rings. The van der Waals surface area contributed by atoms with E-state index in [9.17, 15) is 0 Å². The zero-order valence-corrected chi connectivity index (χ0v) is 10.6. The van der Waals surface area contributed by atoms with Crippen LogP contribution in [0.1, 0.15) is 11.1 Å². The summed E-state index contributed by atoms with van der Waals surface area (Å²) in [7, 11) is 0. The standard InChI is InChI=1S/C16H12ClN/c17-15-9-10-18-16-13(7-4-8-14(15)16)11-12-5-2-1-3-6-12/h1-10H,11H2. The van der Waals surface area contributed by atoms with E-state index in [-0.39, 0.29) is 0 Å². The minimum Gasteiger partial charge on any atom is -0.256 e. The van der Waals surface area contributed by atoms with Crippen LogP contribution in [-0.4, -0.2) is 4.98 Å². The fourth-order valence-corrected chi connectivity index (χ4v) is 2.37. The summed E-state index contributed by atoms with van der Waals surface area (Å²) < 4.78 is 0. The van der Waals surface area contributed by atoms with Crippen molar-refractivity contribution in [3.63, 3.8) is 0 Å². The normalized spacial score (nSPS) is 10.7. The highest BCUT2D eigenvalue weighted by molar-refractivity contribution is 6.35. The van der Waals surface area contributed by atoms with Gasteiger partial charge in [0.05, 0.1) is 10.5 Å². The first-order chi connectivity index (χ1) is 8.84. The van der Waals surface area contributed by atoms with Gasteiger partial charge < -0.3 is 0 Å². The molecule has 0 aliphatic carbocycles. The summed E-state index contributed by atoms with van der Waals surface area (Å²) in [4.78, 5) is 4.45. The molecular formula is C16H12ClN. The molecular weight excluding hydrogens is 242 g/mol. The predicted molar refractivity (Wildman–Crippen MR) is 76.0 cm³/mol. The van der Waals surface area contributed by atoms with Crippen LogP contribution in [0, 0.1) is 0 Å². The number of hydrogen-bond donors (Lipinski definition) is 0. The van der Waals surface area contributed by atoms with E-state index < -0.39 is 0 Å². The minimum atomic E-state index is 0.759. The number of halogens is 1. The van der Waals surface area contributed by atoms with Crippen molar-refractivity contribution in [2.75, 3.05) is 0 Å². The number of fused-ring (bicyclic) bond motifs is 1. The van der Waals surface area contributed by atoms with Crippen LogP contribution in [0.2, 0.25) is 5.02 Å². The van der Waals surface area contributed by atoms with E-state index in [2.05, 4.69) is 35.3 Å². The van der Waals surface area contributed by atoms with E-state index in [1.54, 1.807) is 6.20 Å². The molecule has 88 valence electrons. The maximum Gasteiger partial charge on any atom is 0.0752 e. The van der Waals surface area contributed by atoms with Gasteiger partial charge in [0.25, 0.3) is 0 Å². The molecule has 1 nitrogen and oxygen atoms in total. The maximum atomic E-state index is 6.19. The molecule has 0 saturated carbocycles. The minimum absolute atomic E-state index is 0.759. The number of hydrogen-bond acceptors (Lipinski definition) is 1. The van der Waals surface area contributed by atoms with Crippen LogP contribution in [0.3, 0.4) is 0 Å². The van der Waals surface area contributed by atoms with Gasteiger partial charge in [-0.3, -0.25) is 4.98 Å². The highest BCUT2D eigenvalue weighted by Gasteiger charge is 2.05. The Morgan fingerprint density at radius 2 is 1.72 bits per heavy atom. The van der Waals surface area contributed by atoms with Crippen LogP contribution in [0.4, 0.5) is 0 Å². The molecule has 0 aliphatic rings. The number of nitrogens with zero attached hydrogens (tertiary/aromatic N) is 1. The topological polar surface area (TPSA) is 12.9 Å². The Balaban J connectivity index is 2.10. The molecule has 0 N–H and O–H groups in total. The van der Waals surface area contributed by atoms with E-state index in [1.165, 1.54) is 11.1 Å². The van der Waals surface area contributed by atoms with Crippen LogP contribution in [0.5, 0.6) is 0 Å². The summed E-state index contributed by atoms with van der Waals surface area (Å²) in [6, 6.07) is 18.4. The lowest BCUT2D eigenvalue weighted by Gasteiger charge is -2.06. The molecule has 0 atom stereocenters. The Morgan fingerprint density at radius 1 is 0.889 bits per heavy atom. The Morgan fingerprint density at radius 3 is 2.56 bits per heavy atom. The molecule has 1 aromatic heterocycles. The summed E-state index contributed by atoms with van der Waals surface area (Å²) in [5.41, 5.74) is 3.49. The summed E-state index contributed by atoms with van der Waals surface area (Å²) in [6.07, 6.45) is 2.64. The molecule has 0 radical (unpaired) electrons. The first-order valence-electron chi connectivity index (χ1n) is 5.90. The highest BCUT2D eigenvalue weighted by Crippen LogP contribution is 2.25. The third kappa shape index (κ3) is 2.09. The maximum absolute atomic E-state index is 6.19. The monoisotopic (exact) mass is 253 g/mol. The summed E-state index contributed by atoms with van der Waals surface area (Å²) in [5.74, 6) is 0. The van der Waals surface area contributed by atoms with Crippen LogP contribution < -0.4 is 0 Å². The van der Waals surface area contributed by atoms with Gasteiger partial charge in [-0.05, 0) is 23.6 Å².